The molecule has 1 aromatic carbocycles. The number of ether oxygens (including phenoxy) is 1. The minimum Gasteiger partial charge on any atom is -0.486 e. The minimum absolute atomic E-state index is 0.393. The molecule has 0 fully saturated rings. The van der Waals surface area contributed by atoms with E-state index in [4.69, 9.17) is 16.3 Å². The van der Waals surface area contributed by atoms with Gasteiger partial charge in [-0.1, -0.05) is 27.5 Å². The van der Waals surface area contributed by atoms with E-state index in [1.54, 1.807) is 10.8 Å². The molecular formula is C13H15BrClN3O. The van der Waals surface area contributed by atoms with Crippen molar-refractivity contribution in [3.05, 3.63) is 45.4 Å². The number of hydrogen-bond acceptors (Lipinski definition) is 3. The third-order valence-corrected chi connectivity index (χ3v) is 3.90. The van der Waals surface area contributed by atoms with Crippen molar-refractivity contribution in [3.63, 3.8) is 0 Å². The van der Waals surface area contributed by atoms with Crippen LogP contribution in [0, 0.1) is 0 Å². The van der Waals surface area contributed by atoms with Crippen molar-refractivity contribution >= 4 is 27.5 Å². The van der Waals surface area contributed by atoms with E-state index >= 15 is 0 Å². The van der Waals surface area contributed by atoms with Gasteiger partial charge in [-0.25, -0.2) is 4.98 Å². The average Bonchev–Trinajstić information content (AvgIpc) is 2.71. The van der Waals surface area contributed by atoms with Crippen molar-refractivity contribution in [1.82, 2.24) is 14.9 Å². The van der Waals surface area contributed by atoms with Crippen LogP contribution in [0.4, 0.5) is 0 Å². The quantitative estimate of drug-likeness (QED) is 0.906. The Balaban J connectivity index is 2.07. The summed E-state index contributed by atoms with van der Waals surface area (Å²) in [6.45, 7) is 1.18. The van der Waals surface area contributed by atoms with Crippen molar-refractivity contribution in [3.8, 4) is 5.75 Å². The molecule has 0 radical (unpaired) electrons. The molecular weight excluding hydrogens is 330 g/mol. The summed E-state index contributed by atoms with van der Waals surface area (Å²) in [7, 11) is 3.78. The normalized spacial score (nSPS) is 10.7. The van der Waals surface area contributed by atoms with Crippen LogP contribution in [-0.4, -0.2) is 16.6 Å². The number of nitrogens with zero attached hydrogens (tertiary/aromatic N) is 2. The van der Waals surface area contributed by atoms with Gasteiger partial charge in [0.05, 0.1) is 6.20 Å². The summed E-state index contributed by atoms with van der Waals surface area (Å²) in [6.07, 6.45) is 1.62. The van der Waals surface area contributed by atoms with Gasteiger partial charge in [0, 0.05) is 18.1 Å². The van der Waals surface area contributed by atoms with Crippen LogP contribution in [0.1, 0.15) is 11.4 Å². The standard InChI is InChI=1S/C13H15BrClN3O/c1-16-6-9-5-10(3-4-11(9)14)19-8-13-17-7-12(15)18(13)2/h3-5,7,16H,6,8H2,1-2H3. The Morgan fingerprint density at radius 2 is 2.26 bits per heavy atom. The molecule has 2 aromatic rings. The maximum absolute atomic E-state index is 5.93. The largest absolute Gasteiger partial charge is 0.486 e. The van der Waals surface area contributed by atoms with Crippen LogP contribution in [0.5, 0.6) is 5.75 Å². The number of imidazole rings is 1. The summed E-state index contributed by atoms with van der Waals surface area (Å²) in [4.78, 5) is 4.19. The molecule has 1 aromatic heterocycles. The van der Waals surface area contributed by atoms with Gasteiger partial charge in [0.2, 0.25) is 0 Å². The van der Waals surface area contributed by atoms with E-state index in [0.717, 1.165) is 28.2 Å². The van der Waals surface area contributed by atoms with E-state index in [1.807, 2.05) is 32.3 Å². The molecule has 0 bridgehead atoms. The van der Waals surface area contributed by atoms with E-state index in [1.165, 1.54) is 0 Å². The van der Waals surface area contributed by atoms with E-state index in [2.05, 4.69) is 26.2 Å². The molecule has 0 amide bonds. The Morgan fingerprint density at radius 3 is 2.89 bits per heavy atom. The first kappa shape index (κ1) is 14.4. The van der Waals surface area contributed by atoms with Crippen LogP contribution in [0.3, 0.4) is 0 Å². The van der Waals surface area contributed by atoms with Crippen LogP contribution in [0.2, 0.25) is 5.15 Å². The minimum atomic E-state index is 0.393. The number of halogens is 2. The smallest absolute Gasteiger partial charge is 0.147 e. The number of rotatable bonds is 5. The van der Waals surface area contributed by atoms with Gasteiger partial charge in [-0.05, 0) is 30.8 Å². The van der Waals surface area contributed by atoms with Crippen molar-refractivity contribution in [2.24, 2.45) is 7.05 Å². The highest BCUT2D eigenvalue weighted by Gasteiger charge is 2.06. The van der Waals surface area contributed by atoms with Gasteiger partial charge in [-0.15, -0.1) is 0 Å². The second kappa shape index (κ2) is 6.41. The number of aromatic nitrogens is 2. The summed E-state index contributed by atoms with van der Waals surface area (Å²) in [5.41, 5.74) is 1.15. The van der Waals surface area contributed by atoms with Gasteiger partial charge in [-0.2, -0.15) is 0 Å². The summed E-state index contributed by atoms with van der Waals surface area (Å²) in [5.74, 6) is 1.61. The van der Waals surface area contributed by atoms with Crippen LogP contribution in [0.25, 0.3) is 0 Å². The lowest BCUT2D eigenvalue weighted by atomic mass is 10.2. The first-order valence-electron chi connectivity index (χ1n) is 5.83. The Morgan fingerprint density at radius 1 is 1.47 bits per heavy atom. The van der Waals surface area contributed by atoms with Crippen molar-refractivity contribution < 1.29 is 4.74 Å². The van der Waals surface area contributed by atoms with E-state index in [9.17, 15) is 0 Å². The van der Waals surface area contributed by atoms with Crippen LogP contribution < -0.4 is 10.1 Å². The fourth-order valence-electron chi connectivity index (χ4n) is 1.67. The molecule has 2 rings (SSSR count). The molecule has 0 saturated carbocycles. The Bertz CT molecular complexity index is 571. The van der Waals surface area contributed by atoms with E-state index in [-0.39, 0.29) is 0 Å². The van der Waals surface area contributed by atoms with Gasteiger partial charge < -0.3 is 14.6 Å². The van der Waals surface area contributed by atoms with Gasteiger partial charge in [0.25, 0.3) is 0 Å². The summed E-state index contributed by atoms with van der Waals surface area (Å²) in [5, 5.41) is 3.72. The predicted molar refractivity (Wildman–Crippen MR) is 79.5 cm³/mol. The third-order valence-electron chi connectivity index (χ3n) is 2.78. The molecule has 1 heterocycles. The summed E-state index contributed by atoms with van der Waals surface area (Å²) < 4.78 is 8.60. The molecule has 0 saturated heterocycles. The van der Waals surface area contributed by atoms with Gasteiger partial charge in [-0.3, -0.25) is 0 Å². The first-order valence-corrected chi connectivity index (χ1v) is 7.01. The highest BCUT2D eigenvalue weighted by atomic mass is 79.9. The van der Waals surface area contributed by atoms with Gasteiger partial charge in [0.15, 0.2) is 0 Å². The van der Waals surface area contributed by atoms with E-state index in [0.29, 0.717) is 11.8 Å². The Kier molecular flexibility index (Phi) is 4.85. The molecule has 4 nitrogen and oxygen atoms in total. The molecule has 0 aliphatic carbocycles. The molecule has 19 heavy (non-hydrogen) atoms. The van der Waals surface area contributed by atoms with Crippen molar-refractivity contribution in [2.75, 3.05) is 7.05 Å². The molecule has 102 valence electrons. The number of hydrogen-bond donors (Lipinski definition) is 1. The lowest BCUT2D eigenvalue weighted by Crippen LogP contribution is -2.07. The highest BCUT2D eigenvalue weighted by Crippen LogP contribution is 2.23. The number of benzene rings is 1. The van der Waals surface area contributed by atoms with Crippen LogP contribution in [0.15, 0.2) is 28.9 Å². The Hall–Kier alpha value is -1.04. The maximum atomic E-state index is 5.93. The Labute approximate surface area is 125 Å². The van der Waals surface area contributed by atoms with Crippen LogP contribution in [-0.2, 0) is 20.2 Å². The topological polar surface area (TPSA) is 39.1 Å². The molecule has 0 atom stereocenters. The maximum Gasteiger partial charge on any atom is 0.147 e. The summed E-state index contributed by atoms with van der Waals surface area (Å²) >= 11 is 9.44. The zero-order chi connectivity index (χ0) is 13.8. The molecule has 0 aliphatic rings. The average molecular weight is 345 g/mol. The highest BCUT2D eigenvalue weighted by molar-refractivity contribution is 9.10. The zero-order valence-corrected chi connectivity index (χ0v) is 13.1. The lowest BCUT2D eigenvalue weighted by molar-refractivity contribution is 0.291. The predicted octanol–water partition coefficient (Wildman–Crippen LogP) is 3.13. The third kappa shape index (κ3) is 3.49. The summed E-state index contributed by atoms with van der Waals surface area (Å²) in [6, 6.07) is 5.91. The second-order valence-electron chi connectivity index (χ2n) is 4.13. The molecule has 0 unspecified atom stereocenters. The van der Waals surface area contributed by atoms with Crippen LogP contribution >= 0.6 is 27.5 Å². The van der Waals surface area contributed by atoms with Crippen molar-refractivity contribution in [1.29, 1.82) is 0 Å². The zero-order valence-electron chi connectivity index (χ0n) is 10.8. The molecule has 0 aliphatic heterocycles. The molecule has 6 heteroatoms. The van der Waals surface area contributed by atoms with Gasteiger partial charge >= 0.3 is 0 Å². The fourth-order valence-corrected chi connectivity index (χ4v) is 2.21. The number of nitrogens with one attached hydrogen (secondary N) is 1. The monoisotopic (exact) mass is 343 g/mol. The first-order chi connectivity index (χ1) is 9.11. The van der Waals surface area contributed by atoms with Gasteiger partial charge in [0.1, 0.15) is 23.3 Å². The van der Waals surface area contributed by atoms with Crippen molar-refractivity contribution in [2.45, 2.75) is 13.2 Å². The SMILES string of the molecule is CNCc1cc(OCc2ncc(Cl)n2C)ccc1Br. The molecule has 0 spiro atoms. The second-order valence-corrected chi connectivity index (χ2v) is 5.37. The lowest BCUT2D eigenvalue weighted by Gasteiger charge is -2.09. The fraction of sp³-hybridized carbons (Fsp3) is 0.308. The van der Waals surface area contributed by atoms with E-state index < -0.39 is 0 Å². The molecule has 1 N–H and O–H groups in total.